The zero-order chi connectivity index (χ0) is 15.0. The van der Waals surface area contributed by atoms with Crippen molar-refractivity contribution in [2.45, 2.75) is 57.8 Å². The lowest BCUT2D eigenvalue weighted by atomic mass is 9.85. The molecule has 0 aliphatic heterocycles. The highest BCUT2D eigenvalue weighted by molar-refractivity contribution is 5.63. The SMILES string of the molecule is c1ccc(-c2ccc(CCCCC3CCCCC3)cc2)cc1. The Bertz CT molecular complexity index is 532. The maximum absolute atomic E-state index is 2.31. The summed E-state index contributed by atoms with van der Waals surface area (Å²) in [5.74, 6) is 1.04. The van der Waals surface area contributed by atoms with Gasteiger partial charge in [-0.3, -0.25) is 0 Å². The Morgan fingerprint density at radius 2 is 1.36 bits per heavy atom. The van der Waals surface area contributed by atoms with Crippen LogP contribution in [0.5, 0.6) is 0 Å². The van der Waals surface area contributed by atoms with Gasteiger partial charge in [0.15, 0.2) is 0 Å². The molecule has 0 nitrogen and oxygen atoms in total. The number of aryl methyl sites for hydroxylation is 1. The van der Waals surface area contributed by atoms with Gasteiger partial charge < -0.3 is 0 Å². The Morgan fingerprint density at radius 1 is 0.682 bits per heavy atom. The van der Waals surface area contributed by atoms with Crippen LogP contribution in [0, 0.1) is 5.92 Å². The molecule has 2 aromatic carbocycles. The molecule has 0 heteroatoms. The largest absolute Gasteiger partial charge is 0.0622 e. The molecule has 0 unspecified atom stereocenters. The molecule has 0 bridgehead atoms. The minimum absolute atomic E-state index is 1.04. The van der Waals surface area contributed by atoms with Crippen LogP contribution in [0.25, 0.3) is 11.1 Å². The van der Waals surface area contributed by atoms with Crippen molar-refractivity contribution in [3.05, 3.63) is 60.2 Å². The van der Waals surface area contributed by atoms with Crippen LogP contribution in [-0.4, -0.2) is 0 Å². The van der Waals surface area contributed by atoms with Crippen molar-refractivity contribution in [2.75, 3.05) is 0 Å². The van der Waals surface area contributed by atoms with E-state index in [9.17, 15) is 0 Å². The third-order valence-electron chi connectivity index (χ3n) is 5.11. The van der Waals surface area contributed by atoms with E-state index in [1.54, 1.807) is 0 Å². The van der Waals surface area contributed by atoms with Crippen LogP contribution in [0.1, 0.15) is 56.9 Å². The van der Waals surface area contributed by atoms with Crippen molar-refractivity contribution < 1.29 is 0 Å². The van der Waals surface area contributed by atoms with E-state index in [0.717, 1.165) is 5.92 Å². The summed E-state index contributed by atoms with van der Waals surface area (Å²) in [6.07, 6.45) is 12.9. The van der Waals surface area contributed by atoms with Crippen molar-refractivity contribution in [1.82, 2.24) is 0 Å². The minimum atomic E-state index is 1.04. The fourth-order valence-corrected chi connectivity index (χ4v) is 3.73. The van der Waals surface area contributed by atoms with Crippen molar-refractivity contribution in [3.8, 4) is 11.1 Å². The highest BCUT2D eigenvalue weighted by atomic mass is 14.2. The van der Waals surface area contributed by atoms with Crippen LogP contribution in [0.2, 0.25) is 0 Å². The number of hydrogen-bond acceptors (Lipinski definition) is 0. The molecule has 22 heavy (non-hydrogen) atoms. The van der Waals surface area contributed by atoms with Crippen molar-refractivity contribution in [2.24, 2.45) is 5.92 Å². The predicted molar refractivity (Wildman–Crippen MR) is 96.0 cm³/mol. The van der Waals surface area contributed by atoms with Gasteiger partial charge in [0.25, 0.3) is 0 Å². The van der Waals surface area contributed by atoms with E-state index >= 15 is 0 Å². The second kappa shape index (κ2) is 8.17. The summed E-state index contributed by atoms with van der Waals surface area (Å²) < 4.78 is 0. The molecule has 1 aliphatic rings. The summed E-state index contributed by atoms with van der Waals surface area (Å²) in [6, 6.07) is 19.8. The maximum Gasteiger partial charge on any atom is -0.0184 e. The average Bonchev–Trinajstić information content (AvgIpc) is 2.61. The lowest BCUT2D eigenvalue weighted by molar-refractivity contribution is 0.330. The van der Waals surface area contributed by atoms with Gasteiger partial charge in [0, 0.05) is 0 Å². The van der Waals surface area contributed by atoms with E-state index < -0.39 is 0 Å². The molecule has 0 atom stereocenters. The fraction of sp³-hybridized carbons (Fsp3) is 0.455. The Kier molecular flexibility index (Phi) is 5.70. The van der Waals surface area contributed by atoms with Gasteiger partial charge >= 0.3 is 0 Å². The zero-order valence-corrected chi connectivity index (χ0v) is 13.6. The third-order valence-corrected chi connectivity index (χ3v) is 5.11. The van der Waals surface area contributed by atoms with Crippen molar-refractivity contribution in [1.29, 1.82) is 0 Å². The molecule has 1 saturated carbocycles. The summed E-state index contributed by atoms with van der Waals surface area (Å²) >= 11 is 0. The molecule has 0 radical (unpaired) electrons. The number of rotatable bonds is 6. The Balaban J connectivity index is 1.43. The number of unbranched alkanes of at least 4 members (excludes halogenated alkanes) is 1. The maximum atomic E-state index is 2.31. The summed E-state index contributed by atoms with van der Waals surface area (Å²) in [5.41, 5.74) is 4.13. The van der Waals surface area contributed by atoms with Crippen LogP contribution in [0.15, 0.2) is 54.6 Å². The summed E-state index contributed by atoms with van der Waals surface area (Å²) in [4.78, 5) is 0. The van der Waals surface area contributed by atoms with Crippen LogP contribution in [0.3, 0.4) is 0 Å². The highest BCUT2D eigenvalue weighted by Gasteiger charge is 2.12. The first kappa shape index (κ1) is 15.3. The molecule has 0 N–H and O–H groups in total. The number of hydrogen-bond donors (Lipinski definition) is 0. The van der Waals surface area contributed by atoms with Crippen LogP contribution < -0.4 is 0 Å². The second-order valence-corrected chi connectivity index (χ2v) is 6.81. The standard InChI is InChI=1S/C22H28/c1-3-9-19(10-4-1)11-7-8-12-20-15-17-22(18-16-20)21-13-5-2-6-14-21/h2,5-6,13-19H,1,3-4,7-12H2. The van der Waals surface area contributed by atoms with Gasteiger partial charge in [-0.2, -0.15) is 0 Å². The molecular weight excluding hydrogens is 264 g/mol. The molecule has 1 fully saturated rings. The zero-order valence-electron chi connectivity index (χ0n) is 13.6. The van der Waals surface area contributed by atoms with E-state index in [4.69, 9.17) is 0 Å². The molecular formula is C22H28. The average molecular weight is 292 g/mol. The van der Waals surface area contributed by atoms with Gasteiger partial charge in [-0.1, -0.05) is 99.5 Å². The van der Waals surface area contributed by atoms with Gasteiger partial charge in [0.2, 0.25) is 0 Å². The molecule has 1 aliphatic carbocycles. The molecule has 3 rings (SSSR count). The Morgan fingerprint density at radius 3 is 2.09 bits per heavy atom. The van der Waals surface area contributed by atoms with Gasteiger partial charge in [-0.15, -0.1) is 0 Å². The van der Waals surface area contributed by atoms with E-state index in [1.807, 2.05) is 0 Å². The topological polar surface area (TPSA) is 0 Å². The first-order chi connectivity index (χ1) is 10.9. The number of benzene rings is 2. The van der Waals surface area contributed by atoms with Gasteiger partial charge in [0.1, 0.15) is 0 Å². The van der Waals surface area contributed by atoms with Crippen LogP contribution in [0.4, 0.5) is 0 Å². The van der Waals surface area contributed by atoms with E-state index in [1.165, 1.54) is 74.5 Å². The van der Waals surface area contributed by atoms with Crippen molar-refractivity contribution in [3.63, 3.8) is 0 Å². The molecule has 116 valence electrons. The van der Waals surface area contributed by atoms with Crippen LogP contribution in [-0.2, 0) is 6.42 Å². The van der Waals surface area contributed by atoms with Crippen LogP contribution >= 0.6 is 0 Å². The quantitative estimate of drug-likeness (QED) is 0.523. The molecule has 0 spiro atoms. The Hall–Kier alpha value is -1.56. The molecule has 0 amide bonds. The summed E-state index contributed by atoms with van der Waals surface area (Å²) in [6.45, 7) is 0. The first-order valence-corrected chi connectivity index (χ1v) is 9.06. The van der Waals surface area contributed by atoms with E-state index in [2.05, 4.69) is 54.6 Å². The predicted octanol–water partition coefficient (Wildman–Crippen LogP) is 6.65. The van der Waals surface area contributed by atoms with E-state index in [-0.39, 0.29) is 0 Å². The highest BCUT2D eigenvalue weighted by Crippen LogP contribution is 2.28. The fourth-order valence-electron chi connectivity index (χ4n) is 3.73. The summed E-state index contributed by atoms with van der Waals surface area (Å²) in [7, 11) is 0. The Labute approximate surface area is 135 Å². The second-order valence-electron chi connectivity index (χ2n) is 6.81. The third kappa shape index (κ3) is 4.47. The van der Waals surface area contributed by atoms with Gasteiger partial charge in [0.05, 0.1) is 0 Å². The minimum Gasteiger partial charge on any atom is -0.0622 e. The molecule has 2 aromatic rings. The smallest absolute Gasteiger partial charge is 0.0184 e. The first-order valence-electron chi connectivity index (χ1n) is 9.06. The van der Waals surface area contributed by atoms with E-state index in [0.29, 0.717) is 0 Å². The monoisotopic (exact) mass is 292 g/mol. The van der Waals surface area contributed by atoms with Crippen molar-refractivity contribution >= 4 is 0 Å². The molecule has 0 saturated heterocycles. The normalized spacial score (nSPS) is 15.8. The lowest BCUT2D eigenvalue weighted by Gasteiger charge is -2.21. The molecule has 0 heterocycles. The lowest BCUT2D eigenvalue weighted by Crippen LogP contribution is -2.05. The summed E-state index contributed by atoms with van der Waals surface area (Å²) in [5, 5.41) is 0. The molecule has 0 aromatic heterocycles. The van der Waals surface area contributed by atoms with Gasteiger partial charge in [-0.25, -0.2) is 0 Å². The van der Waals surface area contributed by atoms with Gasteiger partial charge in [-0.05, 0) is 35.4 Å².